The number of amides is 2. The van der Waals surface area contributed by atoms with Crippen LogP contribution in [0.1, 0.15) is 45.6 Å². The molecule has 0 aromatic heterocycles. The van der Waals surface area contributed by atoms with Crippen LogP contribution in [0.3, 0.4) is 0 Å². The van der Waals surface area contributed by atoms with Gasteiger partial charge in [0.15, 0.2) is 0 Å². The third-order valence-corrected chi connectivity index (χ3v) is 5.23. The van der Waals surface area contributed by atoms with E-state index in [4.69, 9.17) is 0 Å². The van der Waals surface area contributed by atoms with Crippen molar-refractivity contribution in [1.29, 1.82) is 0 Å². The van der Waals surface area contributed by atoms with Gasteiger partial charge in [-0.25, -0.2) is 0 Å². The standard InChI is InChI=1S/C19H26N2O2/c1-4-21-16-8-6-5-7-15(16)19(18(21)23)9-11-20(12-10-19)17(22)13-14(2)3/h5-8,14H,4,9-13H2,1-3H3. The SMILES string of the molecule is CCN1C(=O)C2(CCN(C(=O)CC(C)C)CC2)c2ccccc21. The van der Waals surface area contributed by atoms with Crippen LogP contribution < -0.4 is 4.90 Å². The fraction of sp³-hybridized carbons (Fsp3) is 0.579. The van der Waals surface area contributed by atoms with E-state index in [0.29, 0.717) is 32.0 Å². The van der Waals surface area contributed by atoms with E-state index in [9.17, 15) is 9.59 Å². The van der Waals surface area contributed by atoms with Crippen molar-refractivity contribution in [3.05, 3.63) is 29.8 Å². The Morgan fingerprint density at radius 3 is 2.48 bits per heavy atom. The molecule has 1 aromatic carbocycles. The molecule has 23 heavy (non-hydrogen) atoms. The number of hydrogen-bond acceptors (Lipinski definition) is 2. The van der Waals surface area contributed by atoms with Crippen LogP contribution in [0.4, 0.5) is 5.69 Å². The van der Waals surface area contributed by atoms with Crippen LogP contribution in [0.25, 0.3) is 0 Å². The zero-order valence-electron chi connectivity index (χ0n) is 14.3. The summed E-state index contributed by atoms with van der Waals surface area (Å²) in [6.45, 7) is 8.23. The second-order valence-electron chi connectivity index (χ2n) is 7.13. The van der Waals surface area contributed by atoms with E-state index >= 15 is 0 Å². The zero-order chi connectivity index (χ0) is 16.6. The highest BCUT2D eigenvalue weighted by molar-refractivity contribution is 6.08. The molecular formula is C19H26N2O2. The number of carbonyl (C=O) groups excluding carboxylic acids is 2. The molecule has 3 rings (SSSR count). The van der Waals surface area contributed by atoms with E-state index in [1.165, 1.54) is 0 Å². The highest BCUT2D eigenvalue weighted by Crippen LogP contribution is 2.47. The Bertz CT molecular complexity index is 616. The third-order valence-electron chi connectivity index (χ3n) is 5.23. The van der Waals surface area contributed by atoms with Crippen molar-refractivity contribution in [3.8, 4) is 0 Å². The van der Waals surface area contributed by atoms with Crippen LogP contribution in [0.15, 0.2) is 24.3 Å². The minimum atomic E-state index is -0.415. The van der Waals surface area contributed by atoms with Crippen LogP contribution in [0.5, 0.6) is 0 Å². The molecule has 2 aliphatic heterocycles. The summed E-state index contributed by atoms with van der Waals surface area (Å²) < 4.78 is 0. The van der Waals surface area contributed by atoms with Crippen molar-refractivity contribution in [3.63, 3.8) is 0 Å². The number of benzene rings is 1. The summed E-state index contributed by atoms with van der Waals surface area (Å²) in [5.74, 6) is 0.820. The summed E-state index contributed by atoms with van der Waals surface area (Å²) in [6.07, 6.45) is 2.07. The number of piperidine rings is 1. The fourth-order valence-corrected chi connectivity index (χ4v) is 4.01. The Morgan fingerprint density at radius 2 is 1.87 bits per heavy atom. The van der Waals surface area contributed by atoms with E-state index < -0.39 is 5.41 Å². The van der Waals surface area contributed by atoms with E-state index in [1.807, 2.05) is 34.9 Å². The van der Waals surface area contributed by atoms with Gasteiger partial charge in [0.1, 0.15) is 0 Å². The Kier molecular flexibility index (Phi) is 4.17. The number of nitrogens with zero attached hydrogens (tertiary/aromatic N) is 2. The van der Waals surface area contributed by atoms with Crippen molar-refractivity contribution >= 4 is 17.5 Å². The van der Waals surface area contributed by atoms with Crippen molar-refractivity contribution in [1.82, 2.24) is 4.90 Å². The number of para-hydroxylation sites is 1. The van der Waals surface area contributed by atoms with E-state index in [1.54, 1.807) is 0 Å². The molecule has 0 atom stereocenters. The Morgan fingerprint density at radius 1 is 1.22 bits per heavy atom. The predicted molar refractivity (Wildman–Crippen MR) is 91.4 cm³/mol. The summed E-state index contributed by atoms with van der Waals surface area (Å²) in [7, 11) is 0. The molecular weight excluding hydrogens is 288 g/mol. The van der Waals surface area contributed by atoms with Gasteiger partial charge in [0, 0.05) is 31.7 Å². The number of carbonyl (C=O) groups is 2. The van der Waals surface area contributed by atoms with E-state index in [2.05, 4.69) is 19.9 Å². The number of anilines is 1. The molecule has 2 aliphatic rings. The normalized spacial score (nSPS) is 19.6. The number of likely N-dealkylation sites (tertiary alicyclic amines) is 1. The minimum absolute atomic E-state index is 0.220. The quantitative estimate of drug-likeness (QED) is 0.860. The summed E-state index contributed by atoms with van der Waals surface area (Å²) in [6, 6.07) is 8.15. The van der Waals surface area contributed by atoms with Crippen LogP contribution in [-0.4, -0.2) is 36.3 Å². The molecule has 1 aromatic rings. The smallest absolute Gasteiger partial charge is 0.237 e. The molecule has 0 aliphatic carbocycles. The minimum Gasteiger partial charge on any atom is -0.343 e. The maximum absolute atomic E-state index is 13.0. The summed E-state index contributed by atoms with van der Waals surface area (Å²) >= 11 is 0. The maximum atomic E-state index is 13.0. The molecule has 4 nitrogen and oxygen atoms in total. The molecule has 2 heterocycles. The molecule has 0 saturated carbocycles. The fourth-order valence-electron chi connectivity index (χ4n) is 4.01. The highest BCUT2D eigenvalue weighted by Gasteiger charge is 2.51. The lowest BCUT2D eigenvalue weighted by Crippen LogP contribution is -2.50. The predicted octanol–water partition coefficient (Wildman–Crippen LogP) is 2.96. The molecule has 1 spiro atoms. The van der Waals surface area contributed by atoms with Gasteiger partial charge in [-0.15, -0.1) is 0 Å². The van der Waals surface area contributed by atoms with E-state index in [0.717, 1.165) is 24.1 Å². The van der Waals surface area contributed by atoms with Gasteiger partial charge in [-0.2, -0.15) is 0 Å². The van der Waals surface area contributed by atoms with Gasteiger partial charge in [-0.1, -0.05) is 32.0 Å². The molecule has 4 heteroatoms. The first-order valence-corrected chi connectivity index (χ1v) is 8.69. The van der Waals surface area contributed by atoms with Gasteiger partial charge in [-0.05, 0) is 37.3 Å². The first-order valence-electron chi connectivity index (χ1n) is 8.69. The molecule has 0 bridgehead atoms. The molecule has 1 fully saturated rings. The average molecular weight is 314 g/mol. The molecule has 0 radical (unpaired) electrons. The first kappa shape index (κ1) is 16.0. The lowest BCUT2D eigenvalue weighted by molar-refractivity contribution is -0.136. The Labute approximate surface area is 138 Å². The number of rotatable bonds is 3. The second kappa shape index (κ2) is 5.99. The van der Waals surface area contributed by atoms with Crippen molar-refractivity contribution < 1.29 is 9.59 Å². The lowest BCUT2D eigenvalue weighted by atomic mass is 9.73. The van der Waals surface area contributed by atoms with Gasteiger partial charge in [0.2, 0.25) is 11.8 Å². The Balaban J connectivity index is 1.82. The molecule has 0 unspecified atom stereocenters. The first-order chi connectivity index (χ1) is 11.0. The third kappa shape index (κ3) is 2.54. The van der Waals surface area contributed by atoms with Gasteiger partial charge < -0.3 is 9.80 Å². The van der Waals surface area contributed by atoms with Gasteiger partial charge in [0.25, 0.3) is 0 Å². The average Bonchev–Trinajstić information content (AvgIpc) is 2.76. The van der Waals surface area contributed by atoms with Gasteiger partial charge in [-0.3, -0.25) is 9.59 Å². The van der Waals surface area contributed by atoms with Crippen LogP contribution in [0.2, 0.25) is 0 Å². The summed E-state index contributed by atoms with van der Waals surface area (Å²) in [5, 5.41) is 0. The molecule has 124 valence electrons. The van der Waals surface area contributed by atoms with Gasteiger partial charge in [0.05, 0.1) is 5.41 Å². The van der Waals surface area contributed by atoms with Crippen molar-refractivity contribution in [2.24, 2.45) is 5.92 Å². The number of hydrogen-bond donors (Lipinski definition) is 0. The van der Waals surface area contributed by atoms with Crippen molar-refractivity contribution in [2.45, 2.75) is 45.4 Å². The number of fused-ring (bicyclic) bond motifs is 2. The summed E-state index contributed by atoms with van der Waals surface area (Å²) in [4.78, 5) is 29.2. The zero-order valence-corrected chi connectivity index (χ0v) is 14.3. The van der Waals surface area contributed by atoms with Crippen LogP contribution in [0, 0.1) is 5.92 Å². The highest BCUT2D eigenvalue weighted by atomic mass is 16.2. The molecule has 1 saturated heterocycles. The molecule has 0 N–H and O–H groups in total. The van der Waals surface area contributed by atoms with E-state index in [-0.39, 0.29) is 11.8 Å². The maximum Gasteiger partial charge on any atom is 0.237 e. The Hall–Kier alpha value is -1.84. The lowest BCUT2D eigenvalue weighted by Gasteiger charge is -2.38. The largest absolute Gasteiger partial charge is 0.343 e. The monoisotopic (exact) mass is 314 g/mol. The van der Waals surface area contributed by atoms with Crippen molar-refractivity contribution in [2.75, 3.05) is 24.5 Å². The number of likely N-dealkylation sites (N-methyl/N-ethyl adjacent to an activating group) is 1. The topological polar surface area (TPSA) is 40.6 Å². The van der Waals surface area contributed by atoms with Crippen LogP contribution in [-0.2, 0) is 15.0 Å². The van der Waals surface area contributed by atoms with Crippen LogP contribution >= 0.6 is 0 Å². The molecule has 2 amide bonds. The second-order valence-corrected chi connectivity index (χ2v) is 7.13. The summed E-state index contributed by atoms with van der Waals surface area (Å²) in [5.41, 5.74) is 1.80. The van der Waals surface area contributed by atoms with Gasteiger partial charge >= 0.3 is 0 Å².